The summed E-state index contributed by atoms with van der Waals surface area (Å²) in [5.74, 6) is -0.377. The molecule has 6 nitrogen and oxygen atoms in total. The number of guanidine groups is 1. The molecule has 0 saturated heterocycles. The van der Waals surface area contributed by atoms with Gasteiger partial charge >= 0.3 is 6.36 Å². The molecule has 2 aromatic carbocycles. The van der Waals surface area contributed by atoms with Crippen molar-refractivity contribution >= 4 is 35.8 Å². The molecule has 0 spiro atoms. The number of halogens is 4. The lowest BCUT2D eigenvalue weighted by molar-refractivity contribution is -0.274. The minimum Gasteiger partial charge on any atom is -0.405 e. The summed E-state index contributed by atoms with van der Waals surface area (Å²) in [7, 11) is 1.55. The summed E-state index contributed by atoms with van der Waals surface area (Å²) in [6, 6.07) is 12.6. The molecule has 0 heterocycles. The highest BCUT2D eigenvalue weighted by Crippen LogP contribution is 2.26. The SMILES string of the molecule is CN=C(NCc1ccc(C(N)=O)cc1)NCc1ccccc1OC(F)(F)F.I. The maximum Gasteiger partial charge on any atom is 0.573 e. The average Bonchev–Trinajstić information content (AvgIpc) is 2.62. The molecular formula is C18H20F3IN4O2. The molecule has 1 amide bonds. The number of carbonyl (C=O) groups excluding carboxylic acids is 1. The van der Waals surface area contributed by atoms with E-state index in [1.54, 1.807) is 37.4 Å². The smallest absolute Gasteiger partial charge is 0.405 e. The molecule has 2 aromatic rings. The first-order valence-corrected chi connectivity index (χ1v) is 7.95. The Bertz CT molecular complexity index is 811. The fourth-order valence-corrected chi connectivity index (χ4v) is 2.25. The van der Waals surface area contributed by atoms with Gasteiger partial charge in [0.15, 0.2) is 5.96 Å². The number of nitrogens with one attached hydrogen (secondary N) is 2. The molecule has 0 fully saturated rings. The Morgan fingerprint density at radius 1 is 1.07 bits per heavy atom. The summed E-state index contributed by atoms with van der Waals surface area (Å²) in [5.41, 5.74) is 6.81. The number of primary amides is 1. The van der Waals surface area contributed by atoms with Crippen LogP contribution < -0.4 is 21.1 Å². The molecule has 0 aliphatic heterocycles. The van der Waals surface area contributed by atoms with Crippen molar-refractivity contribution in [3.63, 3.8) is 0 Å². The standard InChI is InChI=1S/C18H19F3N4O2.HI/c1-23-17(24-10-12-6-8-13(9-7-12)16(22)26)25-11-14-4-2-3-5-15(14)27-18(19,20)21;/h2-9H,10-11H2,1H3,(H2,22,26)(H2,23,24,25);1H. The van der Waals surface area contributed by atoms with Crippen LogP contribution in [-0.4, -0.2) is 25.3 Å². The number of para-hydroxylation sites is 1. The van der Waals surface area contributed by atoms with Gasteiger partial charge < -0.3 is 21.1 Å². The lowest BCUT2D eigenvalue weighted by atomic mass is 10.1. The Morgan fingerprint density at radius 3 is 2.25 bits per heavy atom. The highest BCUT2D eigenvalue weighted by atomic mass is 127. The van der Waals surface area contributed by atoms with E-state index in [9.17, 15) is 18.0 Å². The van der Waals surface area contributed by atoms with Gasteiger partial charge in [-0.2, -0.15) is 0 Å². The quantitative estimate of drug-likeness (QED) is 0.318. The van der Waals surface area contributed by atoms with Gasteiger partial charge in [0.05, 0.1) is 0 Å². The van der Waals surface area contributed by atoms with Gasteiger partial charge in [0.1, 0.15) is 5.75 Å². The van der Waals surface area contributed by atoms with Gasteiger partial charge in [-0.3, -0.25) is 9.79 Å². The first-order chi connectivity index (χ1) is 12.8. The molecule has 0 unspecified atom stereocenters. The highest BCUT2D eigenvalue weighted by molar-refractivity contribution is 14.0. The van der Waals surface area contributed by atoms with E-state index in [4.69, 9.17) is 5.73 Å². The second kappa shape index (κ2) is 10.7. The van der Waals surface area contributed by atoms with Crippen molar-refractivity contribution in [2.45, 2.75) is 19.5 Å². The molecule has 4 N–H and O–H groups in total. The van der Waals surface area contributed by atoms with E-state index in [1.165, 1.54) is 18.2 Å². The van der Waals surface area contributed by atoms with E-state index in [2.05, 4.69) is 20.4 Å². The maximum absolute atomic E-state index is 12.5. The number of nitrogens with zero attached hydrogens (tertiary/aromatic N) is 1. The second-order valence-electron chi connectivity index (χ2n) is 5.50. The zero-order chi connectivity index (χ0) is 19.9. The third-order valence-corrected chi connectivity index (χ3v) is 3.57. The molecular weight excluding hydrogens is 488 g/mol. The van der Waals surface area contributed by atoms with Crippen molar-refractivity contribution in [2.24, 2.45) is 10.7 Å². The number of hydrogen-bond acceptors (Lipinski definition) is 3. The van der Waals surface area contributed by atoms with Crippen molar-refractivity contribution in [1.82, 2.24) is 10.6 Å². The van der Waals surface area contributed by atoms with Crippen LogP contribution in [0, 0.1) is 0 Å². The van der Waals surface area contributed by atoms with Gasteiger partial charge in [0.2, 0.25) is 5.91 Å². The van der Waals surface area contributed by atoms with Crippen LogP contribution in [0.1, 0.15) is 21.5 Å². The van der Waals surface area contributed by atoms with Crippen molar-refractivity contribution in [3.8, 4) is 5.75 Å². The number of carbonyl (C=O) groups is 1. The Balaban J connectivity index is 0.00000392. The van der Waals surface area contributed by atoms with Crippen LogP contribution in [0.4, 0.5) is 13.2 Å². The number of alkyl halides is 3. The van der Waals surface area contributed by atoms with Gasteiger partial charge in [0, 0.05) is 31.3 Å². The van der Waals surface area contributed by atoms with Crippen LogP contribution in [-0.2, 0) is 13.1 Å². The van der Waals surface area contributed by atoms with Crippen LogP contribution in [0.5, 0.6) is 5.75 Å². The molecule has 28 heavy (non-hydrogen) atoms. The van der Waals surface area contributed by atoms with Crippen molar-refractivity contribution in [2.75, 3.05) is 7.05 Å². The van der Waals surface area contributed by atoms with E-state index in [0.29, 0.717) is 23.6 Å². The van der Waals surface area contributed by atoms with Gasteiger partial charge in [-0.15, -0.1) is 37.1 Å². The van der Waals surface area contributed by atoms with Crippen LogP contribution in [0.2, 0.25) is 0 Å². The lowest BCUT2D eigenvalue weighted by Crippen LogP contribution is -2.36. The number of hydrogen-bond donors (Lipinski definition) is 3. The lowest BCUT2D eigenvalue weighted by Gasteiger charge is -2.15. The molecule has 0 aromatic heterocycles. The van der Waals surface area contributed by atoms with Crippen molar-refractivity contribution in [1.29, 1.82) is 0 Å². The monoisotopic (exact) mass is 508 g/mol. The number of benzene rings is 2. The number of rotatable bonds is 6. The molecule has 0 bridgehead atoms. The molecule has 0 radical (unpaired) electrons. The number of amides is 1. The largest absolute Gasteiger partial charge is 0.573 e. The summed E-state index contributed by atoms with van der Waals surface area (Å²) in [6.07, 6.45) is -4.76. The Labute approximate surface area is 177 Å². The van der Waals surface area contributed by atoms with Crippen LogP contribution in [0.25, 0.3) is 0 Å². The normalized spacial score (nSPS) is 11.4. The van der Waals surface area contributed by atoms with Gasteiger partial charge in [-0.25, -0.2) is 0 Å². The first-order valence-electron chi connectivity index (χ1n) is 7.95. The zero-order valence-electron chi connectivity index (χ0n) is 14.9. The van der Waals surface area contributed by atoms with Crippen molar-refractivity contribution < 1.29 is 22.7 Å². The Hall–Kier alpha value is -2.50. The van der Waals surface area contributed by atoms with Gasteiger partial charge in [-0.1, -0.05) is 30.3 Å². The van der Waals surface area contributed by atoms with E-state index in [1.807, 2.05) is 0 Å². The Morgan fingerprint density at radius 2 is 1.68 bits per heavy atom. The van der Waals surface area contributed by atoms with Crippen LogP contribution >= 0.6 is 24.0 Å². The summed E-state index contributed by atoms with van der Waals surface area (Å²) in [5, 5.41) is 5.96. The number of aliphatic imine (C=N–C) groups is 1. The predicted molar refractivity (Wildman–Crippen MR) is 111 cm³/mol. The van der Waals surface area contributed by atoms with E-state index >= 15 is 0 Å². The molecule has 10 heteroatoms. The minimum absolute atomic E-state index is 0. The average molecular weight is 508 g/mol. The second-order valence-corrected chi connectivity index (χ2v) is 5.50. The molecule has 152 valence electrons. The third-order valence-electron chi connectivity index (χ3n) is 3.57. The summed E-state index contributed by atoms with van der Waals surface area (Å²) >= 11 is 0. The van der Waals surface area contributed by atoms with Gasteiger partial charge in [0.25, 0.3) is 0 Å². The van der Waals surface area contributed by atoms with E-state index in [0.717, 1.165) is 5.56 Å². The number of nitrogens with two attached hydrogens (primary N) is 1. The number of ether oxygens (including phenoxy) is 1. The maximum atomic E-state index is 12.5. The minimum atomic E-state index is -4.76. The highest BCUT2D eigenvalue weighted by Gasteiger charge is 2.31. The molecule has 2 rings (SSSR count). The van der Waals surface area contributed by atoms with Crippen molar-refractivity contribution in [3.05, 3.63) is 65.2 Å². The topological polar surface area (TPSA) is 88.7 Å². The van der Waals surface area contributed by atoms with Gasteiger partial charge in [-0.05, 0) is 23.8 Å². The van der Waals surface area contributed by atoms with Crippen LogP contribution in [0.3, 0.4) is 0 Å². The Kier molecular flexibility index (Phi) is 9.03. The molecule has 0 aliphatic rings. The fourth-order valence-electron chi connectivity index (χ4n) is 2.25. The third kappa shape index (κ3) is 7.62. The fraction of sp³-hybridized carbons (Fsp3) is 0.222. The summed E-state index contributed by atoms with van der Waals surface area (Å²) in [6.45, 7) is 0.492. The molecule has 0 aliphatic carbocycles. The molecule has 0 saturated carbocycles. The molecule has 0 atom stereocenters. The zero-order valence-corrected chi connectivity index (χ0v) is 17.2. The van der Waals surface area contributed by atoms with E-state index in [-0.39, 0.29) is 36.3 Å². The summed E-state index contributed by atoms with van der Waals surface area (Å²) < 4.78 is 41.4. The van der Waals surface area contributed by atoms with E-state index < -0.39 is 12.3 Å². The predicted octanol–water partition coefficient (Wildman–Crippen LogP) is 3.17. The van der Waals surface area contributed by atoms with Crippen LogP contribution in [0.15, 0.2) is 53.5 Å². The summed E-state index contributed by atoms with van der Waals surface area (Å²) in [4.78, 5) is 15.1. The first kappa shape index (κ1) is 23.5.